The van der Waals surface area contributed by atoms with E-state index in [1.54, 1.807) is 30.5 Å². The van der Waals surface area contributed by atoms with Gasteiger partial charge in [-0.25, -0.2) is 18.7 Å². The van der Waals surface area contributed by atoms with Crippen molar-refractivity contribution in [2.45, 2.75) is 20.4 Å². The molecule has 0 saturated heterocycles. The van der Waals surface area contributed by atoms with Crippen LogP contribution in [0.15, 0.2) is 65.5 Å². The van der Waals surface area contributed by atoms with Gasteiger partial charge in [0.05, 0.1) is 28.8 Å². The molecule has 0 aliphatic rings. The fourth-order valence-electron chi connectivity index (χ4n) is 3.97. The number of rotatable bonds is 5. The number of hydrogen-bond acceptors (Lipinski definition) is 6. The molecule has 0 aliphatic heterocycles. The average Bonchev–Trinajstić information content (AvgIpc) is 3.23. The van der Waals surface area contributed by atoms with E-state index in [0.29, 0.717) is 22.5 Å². The van der Waals surface area contributed by atoms with E-state index in [9.17, 15) is 9.36 Å². The Kier molecular flexibility index (Phi) is 5.28. The maximum atomic E-state index is 13.3. The molecule has 2 aromatic carbocycles. The first kappa shape index (κ1) is 22.0. The molecule has 0 saturated carbocycles. The first-order valence-corrected chi connectivity index (χ1v) is 11.9. The Balaban J connectivity index is 1.62. The van der Waals surface area contributed by atoms with Crippen LogP contribution in [0.4, 0.5) is 0 Å². The molecule has 0 atom stereocenters. The minimum atomic E-state index is -4.69. The molecule has 11 heteroatoms. The lowest BCUT2D eigenvalue weighted by atomic mass is 10.1. The third kappa shape index (κ3) is 4.10. The summed E-state index contributed by atoms with van der Waals surface area (Å²) in [5.41, 5.74) is 3.56. The topological polar surface area (TPSA) is 132 Å². The van der Waals surface area contributed by atoms with Gasteiger partial charge in [-0.2, -0.15) is 10.2 Å². The Morgan fingerprint density at radius 1 is 1.00 bits per heavy atom. The molecule has 3 aromatic heterocycles. The molecule has 0 radical (unpaired) electrons. The lowest BCUT2D eigenvalue weighted by Gasteiger charge is -2.11. The first-order valence-electron chi connectivity index (χ1n) is 10.4. The number of aryl methyl sites for hydroxylation is 2. The fourth-order valence-corrected chi connectivity index (χ4v) is 4.36. The van der Waals surface area contributed by atoms with Crippen molar-refractivity contribution in [2.24, 2.45) is 0 Å². The molecule has 172 valence electrons. The average molecular weight is 477 g/mol. The Bertz CT molecular complexity index is 1660. The summed E-state index contributed by atoms with van der Waals surface area (Å²) in [6, 6.07) is 17.9. The third-order valence-corrected chi connectivity index (χ3v) is 5.83. The van der Waals surface area contributed by atoms with Crippen LogP contribution in [-0.4, -0.2) is 34.2 Å². The molecule has 0 amide bonds. The molecule has 5 aromatic rings. The molecule has 0 spiro atoms. The summed E-state index contributed by atoms with van der Waals surface area (Å²) in [5, 5.41) is 9.79. The van der Waals surface area contributed by atoms with Crippen LogP contribution in [0.2, 0.25) is 0 Å². The monoisotopic (exact) mass is 477 g/mol. The lowest BCUT2D eigenvalue weighted by Crippen LogP contribution is -2.26. The fraction of sp³-hybridized carbons (Fsp3) is 0.130. The molecule has 2 N–H and O–H groups in total. The summed E-state index contributed by atoms with van der Waals surface area (Å²) in [6.07, 6.45) is 0. The van der Waals surface area contributed by atoms with E-state index in [1.165, 1.54) is 16.8 Å². The molecule has 0 aliphatic carbocycles. The largest absolute Gasteiger partial charge is 0.524 e. The van der Waals surface area contributed by atoms with E-state index in [0.717, 1.165) is 16.8 Å². The zero-order chi connectivity index (χ0) is 24.0. The summed E-state index contributed by atoms with van der Waals surface area (Å²) in [6.45, 7) is 3.67. The van der Waals surface area contributed by atoms with Crippen LogP contribution in [0.5, 0.6) is 5.75 Å². The van der Waals surface area contributed by atoms with Crippen molar-refractivity contribution in [1.82, 2.24) is 24.4 Å². The molecule has 0 fully saturated rings. The van der Waals surface area contributed by atoms with Crippen LogP contribution in [0.3, 0.4) is 0 Å². The van der Waals surface area contributed by atoms with Crippen LogP contribution >= 0.6 is 7.82 Å². The van der Waals surface area contributed by atoms with Crippen LogP contribution in [0, 0.1) is 13.8 Å². The van der Waals surface area contributed by atoms with Crippen molar-refractivity contribution in [1.29, 1.82) is 0 Å². The van der Waals surface area contributed by atoms with E-state index in [2.05, 4.69) is 19.7 Å². The van der Waals surface area contributed by atoms with Crippen LogP contribution in [-0.2, 0) is 11.1 Å². The number of phosphoric ester groups is 1. The smallest absolute Gasteiger partial charge is 0.404 e. The molecule has 5 rings (SSSR count). The van der Waals surface area contributed by atoms with Gasteiger partial charge in [0.25, 0.3) is 5.56 Å². The minimum absolute atomic E-state index is 0.000210. The summed E-state index contributed by atoms with van der Waals surface area (Å²) in [7, 11) is -4.69. The third-order valence-electron chi connectivity index (χ3n) is 5.38. The summed E-state index contributed by atoms with van der Waals surface area (Å²) in [4.78, 5) is 36.0. The van der Waals surface area contributed by atoms with Crippen molar-refractivity contribution < 1.29 is 18.9 Å². The Labute approximate surface area is 193 Å². The number of fused-ring (bicyclic) bond motifs is 3. The highest BCUT2D eigenvalue weighted by Gasteiger charge is 2.19. The SMILES string of the molecule is Cc1nn(Cc2cccc(OP(=O)(O)O)c2)c(=O)c2nc(C)n3nc(-c4ccccc4)cc3c12. The maximum absolute atomic E-state index is 13.3. The van der Waals surface area contributed by atoms with Gasteiger partial charge in [-0.3, -0.25) is 14.6 Å². The Morgan fingerprint density at radius 2 is 1.76 bits per heavy atom. The number of hydrogen-bond donors (Lipinski definition) is 2. The zero-order valence-electron chi connectivity index (χ0n) is 18.3. The molecular weight excluding hydrogens is 457 g/mol. The number of aromatic nitrogens is 5. The molecule has 0 unspecified atom stereocenters. The van der Waals surface area contributed by atoms with E-state index in [1.807, 2.05) is 36.4 Å². The molecule has 0 bridgehead atoms. The van der Waals surface area contributed by atoms with Gasteiger partial charge in [0, 0.05) is 5.56 Å². The second-order valence-electron chi connectivity index (χ2n) is 7.85. The predicted octanol–water partition coefficient (Wildman–Crippen LogP) is 3.24. The van der Waals surface area contributed by atoms with Gasteiger partial charge in [0.15, 0.2) is 0 Å². The van der Waals surface area contributed by atoms with Gasteiger partial charge < -0.3 is 4.52 Å². The second-order valence-corrected chi connectivity index (χ2v) is 9.02. The highest BCUT2D eigenvalue weighted by atomic mass is 31.2. The Morgan fingerprint density at radius 3 is 2.50 bits per heavy atom. The number of phosphoric acid groups is 1. The highest BCUT2D eigenvalue weighted by Crippen LogP contribution is 2.37. The van der Waals surface area contributed by atoms with E-state index in [-0.39, 0.29) is 23.4 Å². The van der Waals surface area contributed by atoms with Gasteiger partial charge in [-0.1, -0.05) is 42.5 Å². The van der Waals surface area contributed by atoms with Crippen LogP contribution in [0.25, 0.3) is 27.7 Å². The summed E-state index contributed by atoms with van der Waals surface area (Å²) < 4.78 is 18.8. The minimum Gasteiger partial charge on any atom is -0.404 e. The van der Waals surface area contributed by atoms with E-state index >= 15 is 0 Å². The van der Waals surface area contributed by atoms with Crippen molar-refractivity contribution in [3.63, 3.8) is 0 Å². The van der Waals surface area contributed by atoms with Gasteiger partial charge in [-0.05, 0) is 37.6 Å². The normalized spacial score (nSPS) is 11.9. The van der Waals surface area contributed by atoms with Gasteiger partial charge in [-0.15, -0.1) is 0 Å². The molecule has 34 heavy (non-hydrogen) atoms. The maximum Gasteiger partial charge on any atom is 0.524 e. The van der Waals surface area contributed by atoms with Crippen molar-refractivity contribution in [3.05, 3.63) is 88.1 Å². The Hall–Kier alpha value is -3.85. The molecule has 3 heterocycles. The van der Waals surface area contributed by atoms with Gasteiger partial charge in [0.1, 0.15) is 17.1 Å². The van der Waals surface area contributed by atoms with Crippen molar-refractivity contribution >= 4 is 24.2 Å². The van der Waals surface area contributed by atoms with Gasteiger partial charge in [0.2, 0.25) is 0 Å². The quantitative estimate of drug-likeness (QED) is 0.369. The zero-order valence-corrected chi connectivity index (χ0v) is 19.2. The number of benzene rings is 2. The molecular formula is C23H20N5O5P. The van der Waals surface area contributed by atoms with Crippen LogP contribution in [0.1, 0.15) is 17.1 Å². The summed E-state index contributed by atoms with van der Waals surface area (Å²) >= 11 is 0. The standard InChI is InChI=1S/C23H20N5O5P/c1-14-21-20-12-19(17-8-4-3-5-9-17)26-28(20)15(2)24-22(21)23(29)27(25-14)13-16-7-6-10-18(11-16)33-34(30,31)32/h3-12H,13H2,1-2H3,(H2,30,31,32). The van der Waals surface area contributed by atoms with E-state index in [4.69, 9.17) is 9.79 Å². The van der Waals surface area contributed by atoms with Gasteiger partial charge >= 0.3 is 7.82 Å². The lowest BCUT2D eigenvalue weighted by molar-refractivity contribution is 0.283. The molecule has 10 nitrogen and oxygen atoms in total. The first-order chi connectivity index (χ1) is 16.2. The highest BCUT2D eigenvalue weighted by molar-refractivity contribution is 7.46. The van der Waals surface area contributed by atoms with Crippen molar-refractivity contribution in [3.8, 4) is 17.0 Å². The van der Waals surface area contributed by atoms with Crippen molar-refractivity contribution in [2.75, 3.05) is 0 Å². The van der Waals surface area contributed by atoms with Crippen LogP contribution < -0.4 is 10.1 Å². The number of nitrogens with zero attached hydrogens (tertiary/aromatic N) is 5. The predicted molar refractivity (Wildman–Crippen MR) is 126 cm³/mol. The summed E-state index contributed by atoms with van der Waals surface area (Å²) in [5.74, 6) is 0.566. The second kappa shape index (κ2) is 8.18. The van der Waals surface area contributed by atoms with E-state index < -0.39 is 7.82 Å².